The van der Waals surface area contributed by atoms with E-state index < -0.39 is 23.5 Å². The first-order chi connectivity index (χ1) is 13.0. The summed E-state index contributed by atoms with van der Waals surface area (Å²) in [6, 6.07) is 6.33. The fourth-order valence-electron chi connectivity index (χ4n) is 3.31. The van der Waals surface area contributed by atoms with Crippen molar-refractivity contribution in [1.82, 2.24) is 4.90 Å². The molecule has 0 unspecified atom stereocenters. The number of carbonyl (C=O) groups excluding carboxylic acids is 1. The van der Waals surface area contributed by atoms with Crippen molar-refractivity contribution in [3.05, 3.63) is 36.1 Å². The smallest absolute Gasteiger partial charge is 0.413 e. The molecule has 2 heterocycles. The Morgan fingerprint density at radius 3 is 2.61 bits per heavy atom. The lowest BCUT2D eigenvalue weighted by molar-refractivity contribution is -0.0626. The molecule has 0 saturated carbocycles. The van der Waals surface area contributed by atoms with E-state index in [1.807, 2.05) is 20.8 Å². The molecule has 1 fully saturated rings. The molecule has 1 saturated heterocycles. The van der Waals surface area contributed by atoms with Crippen molar-refractivity contribution in [2.75, 3.05) is 13.7 Å². The van der Waals surface area contributed by atoms with Crippen LogP contribution in [-0.4, -0.2) is 41.1 Å². The van der Waals surface area contributed by atoms with Gasteiger partial charge in [0.1, 0.15) is 28.6 Å². The quantitative estimate of drug-likeness (QED) is 0.819. The predicted molar refractivity (Wildman–Crippen MR) is 103 cm³/mol. The molecule has 3 rings (SSSR count). The van der Waals surface area contributed by atoms with Gasteiger partial charge in [0.15, 0.2) is 0 Å². The highest BCUT2D eigenvalue weighted by Crippen LogP contribution is 2.45. The predicted octanol–water partition coefficient (Wildman–Crippen LogP) is 4.71. The summed E-state index contributed by atoms with van der Waals surface area (Å²) < 4.78 is 22.3. The number of ether oxygens (including phenoxy) is 3. The number of methoxy groups -OCH3 is 1. The maximum absolute atomic E-state index is 12.9. The van der Waals surface area contributed by atoms with Gasteiger partial charge in [0.25, 0.3) is 0 Å². The number of phenols is 1. The molecule has 1 aliphatic rings. The van der Waals surface area contributed by atoms with E-state index in [4.69, 9.17) is 18.6 Å². The molecule has 0 bridgehead atoms. The van der Waals surface area contributed by atoms with Crippen LogP contribution in [-0.2, 0) is 9.47 Å². The zero-order valence-electron chi connectivity index (χ0n) is 17.1. The third-order valence-electron chi connectivity index (χ3n) is 4.57. The average Bonchev–Trinajstić information content (AvgIpc) is 3.21. The van der Waals surface area contributed by atoms with Crippen LogP contribution < -0.4 is 4.74 Å². The number of aromatic hydroxyl groups is 1. The third kappa shape index (κ3) is 3.80. The Bertz CT molecular complexity index is 851. The van der Waals surface area contributed by atoms with Crippen LogP contribution in [0.3, 0.4) is 0 Å². The second kappa shape index (κ2) is 7.05. The molecule has 1 aliphatic heterocycles. The van der Waals surface area contributed by atoms with E-state index in [2.05, 4.69) is 0 Å². The number of benzene rings is 1. The Labute approximate surface area is 164 Å². The molecule has 1 N–H and O–H groups in total. The molecular weight excluding hydrogens is 362 g/mol. The summed E-state index contributed by atoms with van der Waals surface area (Å²) in [5.74, 6) is 1.04. The number of phenolic OH excluding ortho intramolecular Hbond substituents is 1. The largest absolute Gasteiger partial charge is 0.507 e. The van der Waals surface area contributed by atoms with Gasteiger partial charge in [0.2, 0.25) is 0 Å². The van der Waals surface area contributed by atoms with Gasteiger partial charge in [-0.3, -0.25) is 4.90 Å². The summed E-state index contributed by atoms with van der Waals surface area (Å²) in [5.41, 5.74) is -0.570. The van der Waals surface area contributed by atoms with E-state index >= 15 is 0 Å². The van der Waals surface area contributed by atoms with Gasteiger partial charge in [-0.25, -0.2) is 4.79 Å². The van der Waals surface area contributed by atoms with Crippen LogP contribution in [0.4, 0.5) is 4.79 Å². The van der Waals surface area contributed by atoms with Gasteiger partial charge in [-0.1, -0.05) is 0 Å². The highest BCUT2D eigenvalue weighted by atomic mass is 16.6. The summed E-state index contributed by atoms with van der Waals surface area (Å²) in [4.78, 5) is 14.4. The molecular formula is C21H27NO6. The molecule has 2 aromatic rings. The topological polar surface area (TPSA) is 81.4 Å². The van der Waals surface area contributed by atoms with E-state index in [0.717, 1.165) is 0 Å². The van der Waals surface area contributed by atoms with Gasteiger partial charge in [-0.15, -0.1) is 0 Å². The van der Waals surface area contributed by atoms with E-state index in [9.17, 15) is 9.90 Å². The number of carbonyl (C=O) groups is 1. The summed E-state index contributed by atoms with van der Waals surface area (Å²) in [6.07, 6.45) is 1.02. The first-order valence-corrected chi connectivity index (χ1v) is 9.14. The van der Waals surface area contributed by atoms with E-state index in [-0.39, 0.29) is 12.4 Å². The number of rotatable bonds is 3. The van der Waals surface area contributed by atoms with Crippen molar-refractivity contribution in [1.29, 1.82) is 0 Å². The van der Waals surface area contributed by atoms with E-state index in [1.54, 1.807) is 45.2 Å². The summed E-state index contributed by atoms with van der Waals surface area (Å²) in [5, 5.41) is 11.0. The molecule has 152 valence electrons. The maximum atomic E-state index is 12.9. The molecule has 1 atom stereocenters. The molecule has 28 heavy (non-hydrogen) atoms. The number of furan rings is 1. The van der Waals surface area contributed by atoms with Gasteiger partial charge in [0.05, 0.1) is 31.6 Å². The SMILES string of the molecule is COc1cc(-c2ccco2)c(O)c([C@@H]2COC(C)(C)N2C(=O)OC(C)(C)C)c1. The minimum Gasteiger partial charge on any atom is -0.507 e. The minimum absolute atomic E-state index is 0.00982. The molecule has 7 nitrogen and oxygen atoms in total. The van der Waals surface area contributed by atoms with Gasteiger partial charge in [0, 0.05) is 5.56 Å². The Balaban J connectivity index is 2.08. The standard InChI is InChI=1S/C21H27NO6/c1-20(2,3)28-19(24)22-16(12-27-21(22,4)5)14-10-13(25-6)11-15(18(14)23)17-8-7-9-26-17/h7-11,16,23H,12H2,1-6H3/t16-/m0/s1. The second-order valence-electron chi connectivity index (χ2n) is 8.21. The fourth-order valence-corrected chi connectivity index (χ4v) is 3.31. The van der Waals surface area contributed by atoms with Crippen LogP contribution in [0.5, 0.6) is 11.5 Å². The zero-order chi connectivity index (χ0) is 20.7. The Morgan fingerprint density at radius 2 is 2.04 bits per heavy atom. The molecule has 7 heteroatoms. The molecule has 1 amide bonds. The summed E-state index contributed by atoms with van der Waals surface area (Å²) in [6.45, 7) is 9.22. The Hall–Kier alpha value is -2.67. The van der Waals surface area contributed by atoms with Crippen molar-refractivity contribution in [3.63, 3.8) is 0 Å². The Kier molecular flexibility index (Phi) is 5.06. The van der Waals surface area contributed by atoms with Crippen molar-refractivity contribution in [2.24, 2.45) is 0 Å². The normalized spacial score (nSPS) is 18.9. The van der Waals surface area contributed by atoms with Crippen molar-refractivity contribution < 1.29 is 28.5 Å². The third-order valence-corrected chi connectivity index (χ3v) is 4.57. The van der Waals surface area contributed by atoms with Crippen molar-refractivity contribution in [3.8, 4) is 22.8 Å². The van der Waals surface area contributed by atoms with E-state index in [1.165, 1.54) is 11.2 Å². The molecule has 0 spiro atoms. The number of hydrogen-bond acceptors (Lipinski definition) is 6. The van der Waals surface area contributed by atoms with Gasteiger partial charge in [-0.05, 0) is 58.9 Å². The Morgan fingerprint density at radius 1 is 1.32 bits per heavy atom. The van der Waals surface area contributed by atoms with Crippen LogP contribution in [0.15, 0.2) is 34.9 Å². The van der Waals surface area contributed by atoms with Crippen molar-refractivity contribution in [2.45, 2.75) is 52.0 Å². The molecule has 0 aliphatic carbocycles. The first-order valence-electron chi connectivity index (χ1n) is 9.14. The molecule has 1 aromatic heterocycles. The summed E-state index contributed by atoms with van der Waals surface area (Å²) >= 11 is 0. The van der Waals surface area contributed by atoms with Gasteiger partial charge >= 0.3 is 6.09 Å². The van der Waals surface area contributed by atoms with Crippen LogP contribution >= 0.6 is 0 Å². The lowest BCUT2D eigenvalue weighted by Crippen LogP contribution is -2.47. The molecule has 1 aromatic carbocycles. The molecule has 0 radical (unpaired) electrons. The first kappa shape index (κ1) is 20.1. The lowest BCUT2D eigenvalue weighted by Gasteiger charge is -2.35. The van der Waals surface area contributed by atoms with Crippen LogP contribution in [0, 0.1) is 0 Å². The van der Waals surface area contributed by atoms with Gasteiger partial charge in [-0.2, -0.15) is 0 Å². The number of amides is 1. The van der Waals surface area contributed by atoms with Gasteiger partial charge < -0.3 is 23.7 Å². The second-order valence-corrected chi connectivity index (χ2v) is 8.21. The minimum atomic E-state index is -0.895. The maximum Gasteiger partial charge on any atom is 0.413 e. The fraction of sp³-hybridized carbons (Fsp3) is 0.476. The highest BCUT2D eigenvalue weighted by Gasteiger charge is 2.47. The lowest BCUT2D eigenvalue weighted by atomic mass is 9.99. The zero-order valence-corrected chi connectivity index (χ0v) is 17.1. The van der Waals surface area contributed by atoms with Crippen LogP contribution in [0.2, 0.25) is 0 Å². The number of nitrogens with zero attached hydrogens (tertiary/aromatic N) is 1. The van der Waals surface area contributed by atoms with E-state index in [0.29, 0.717) is 22.6 Å². The van der Waals surface area contributed by atoms with Crippen molar-refractivity contribution >= 4 is 6.09 Å². The monoisotopic (exact) mass is 389 g/mol. The highest BCUT2D eigenvalue weighted by molar-refractivity contribution is 5.73. The van der Waals surface area contributed by atoms with Crippen LogP contribution in [0.25, 0.3) is 11.3 Å². The summed E-state index contributed by atoms with van der Waals surface area (Å²) in [7, 11) is 1.54. The average molecular weight is 389 g/mol. The number of hydrogen-bond donors (Lipinski definition) is 1. The van der Waals surface area contributed by atoms with Crippen LogP contribution in [0.1, 0.15) is 46.2 Å².